The number of carbonyl (C=O) groups is 3. The van der Waals surface area contributed by atoms with Crippen LogP contribution >= 0.6 is 0 Å². The highest BCUT2D eigenvalue weighted by molar-refractivity contribution is 5.81. The van der Waals surface area contributed by atoms with Crippen molar-refractivity contribution < 1.29 is 33.7 Å². The Hall–Kier alpha value is -4.59. The van der Waals surface area contributed by atoms with Crippen LogP contribution in [0.4, 0.5) is 4.79 Å². The number of hydrogen-bond donors (Lipinski definition) is 2. The Labute approximate surface area is 214 Å². The van der Waals surface area contributed by atoms with Crippen LogP contribution in [-0.2, 0) is 25.5 Å². The normalized spacial score (nSPS) is 12.5. The van der Waals surface area contributed by atoms with Crippen molar-refractivity contribution in [2.75, 3.05) is 19.8 Å². The van der Waals surface area contributed by atoms with Crippen LogP contribution in [0.15, 0.2) is 85.5 Å². The average molecular weight is 502 g/mol. The van der Waals surface area contributed by atoms with Crippen molar-refractivity contribution in [1.82, 2.24) is 5.32 Å². The SMILES string of the molecule is C=CCOC(=O)COc1cccc(CC(NC(=O)OCC2c3ccccc3-c3ccccc32)C(=O)O)c1. The third-order valence-electron chi connectivity index (χ3n) is 5.99. The number of fused-ring (bicyclic) bond motifs is 3. The van der Waals surface area contributed by atoms with Crippen LogP contribution in [-0.4, -0.2) is 49.0 Å². The number of amides is 1. The van der Waals surface area contributed by atoms with E-state index in [1.165, 1.54) is 6.08 Å². The van der Waals surface area contributed by atoms with Crippen molar-refractivity contribution in [2.45, 2.75) is 18.4 Å². The molecule has 3 aromatic rings. The van der Waals surface area contributed by atoms with Gasteiger partial charge in [0.15, 0.2) is 6.61 Å². The molecule has 0 saturated carbocycles. The molecule has 0 saturated heterocycles. The molecule has 190 valence electrons. The van der Waals surface area contributed by atoms with Crippen LogP contribution in [0.2, 0.25) is 0 Å². The molecule has 0 fully saturated rings. The minimum atomic E-state index is -1.22. The van der Waals surface area contributed by atoms with Crippen molar-refractivity contribution in [2.24, 2.45) is 0 Å². The second-order valence-corrected chi connectivity index (χ2v) is 8.47. The van der Waals surface area contributed by atoms with Gasteiger partial charge in [0.2, 0.25) is 0 Å². The molecule has 37 heavy (non-hydrogen) atoms. The Kier molecular flexibility index (Phi) is 8.20. The van der Waals surface area contributed by atoms with Gasteiger partial charge in [-0.3, -0.25) is 0 Å². The highest BCUT2D eigenvalue weighted by Crippen LogP contribution is 2.44. The summed E-state index contributed by atoms with van der Waals surface area (Å²) in [4.78, 5) is 36.0. The van der Waals surface area contributed by atoms with Crippen molar-refractivity contribution in [3.05, 3.63) is 102 Å². The quantitative estimate of drug-likeness (QED) is 0.297. The number of carbonyl (C=O) groups excluding carboxylic acids is 2. The Morgan fingerprint density at radius 1 is 0.946 bits per heavy atom. The first-order chi connectivity index (χ1) is 18.0. The number of carboxylic acids is 1. The minimum Gasteiger partial charge on any atom is -0.482 e. The second kappa shape index (κ2) is 11.9. The summed E-state index contributed by atoms with van der Waals surface area (Å²) < 4.78 is 15.8. The summed E-state index contributed by atoms with van der Waals surface area (Å²) in [5.41, 5.74) is 4.94. The molecule has 0 spiro atoms. The lowest BCUT2D eigenvalue weighted by atomic mass is 9.98. The zero-order chi connectivity index (χ0) is 26.2. The molecular weight excluding hydrogens is 474 g/mol. The monoisotopic (exact) mass is 501 g/mol. The predicted octanol–water partition coefficient (Wildman–Crippen LogP) is 4.33. The van der Waals surface area contributed by atoms with E-state index in [0.717, 1.165) is 22.3 Å². The lowest BCUT2D eigenvalue weighted by molar-refractivity contribution is -0.144. The van der Waals surface area contributed by atoms with Crippen LogP contribution in [0, 0.1) is 0 Å². The standard InChI is InChI=1S/C29H27NO7/c1-2-14-35-27(31)18-36-20-9-7-8-19(15-20)16-26(28(32)33)30-29(34)37-17-25-23-12-5-3-10-21(23)22-11-4-6-13-24(22)25/h2-13,15,25-26H,1,14,16-18H2,(H,30,34)(H,32,33). The van der Waals surface area contributed by atoms with Crippen LogP contribution in [0.5, 0.6) is 5.75 Å². The maximum absolute atomic E-state index is 12.6. The molecular formula is C29H27NO7. The van der Waals surface area contributed by atoms with Crippen molar-refractivity contribution >= 4 is 18.0 Å². The Morgan fingerprint density at radius 2 is 1.62 bits per heavy atom. The third-order valence-corrected chi connectivity index (χ3v) is 5.99. The van der Waals surface area contributed by atoms with E-state index in [2.05, 4.69) is 11.9 Å². The van der Waals surface area contributed by atoms with E-state index in [9.17, 15) is 19.5 Å². The summed E-state index contributed by atoms with van der Waals surface area (Å²) in [7, 11) is 0. The van der Waals surface area contributed by atoms with E-state index in [4.69, 9.17) is 14.2 Å². The largest absolute Gasteiger partial charge is 0.482 e. The fourth-order valence-electron chi connectivity index (χ4n) is 4.32. The smallest absolute Gasteiger partial charge is 0.407 e. The Bertz CT molecular complexity index is 1260. The van der Waals surface area contributed by atoms with E-state index in [-0.39, 0.29) is 32.2 Å². The number of esters is 1. The maximum atomic E-state index is 12.6. The number of benzene rings is 3. The summed E-state index contributed by atoms with van der Waals surface area (Å²) in [5, 5.41) is 12.1. The van der Waals surface area contributed by atoms with Gasteiger partial charge in [-0.15, -0.1) is 0 Å². The van der Waals surface area contributed by atoms with Gasteiger partial charge in [-0.1, -0.05) is 73.3 Å². The molecule has 1 aliphatic rings. The molecule has 1 aliphatic carbocycles. The highest BCUT2D eigenvalue weighted by Gasteiger charge is 2.29. The summed E-state index contributed by atoms with van der Waals surface area (Å²) in [6, 6.07) is 21.3. The molecule has 0 bridgehead atoms. The van der Waals surface area contributed by atoms with Crippen LogP contribution < -0.4 is 10.1 Å². The summed E-state index contributed by atoms with van der Waals surface area (Å²) in [5.74, 6) is -1.51. The van der Waals surface area contributed by atoms with E-state index < -0.39 is 24.1 Å². The van der Waals surface area contributed by atoms with Crippen LogP contribution in [0.25, 0.3) is 11.1 Å². The molecule has 0 aromatic heterocycles. The molecule has 2 N–H and O–H groups in total. The average Bonchev–Trinajstić information content (AvgIpc) is 3.23. The van der Waals surface area contributed by atoms with Gasteiger partial charge in [0.25, 0.3) is 0 Å². The zero-order valence-electron chi connectivity index (χ0n) is 20.1. The first kappa shape index (κ1) is 25.5. The number of hydrogen-bond acceptors (Lipinski definition) is 6. The molecule has 1 unspecified atom stereocenters. The first-order valence-corrected chi connectivity index (χ1v) is 11.8. The van der Waals surface area contributed by atoms with Gasteiger partial charge in [0, 0.05) is 12.3 Å². The van der Waals surface area contributed by atoms with Gasteiger partial charge >= 0.3 is 18.0 Å². The van der Waals surface area contributed by atoms with Gasteiger partial charge in [-0.05, 0) is 39.9 Å². The molecule has 0 heterocycles. The molecule has 0 aliphatic heterocycles. The fraction of sp³-hybridized carbons (Fsp3) is 0.207. The number of alkyl carbamates (subject to hydrolysis) is 1. The molecule has 1 amide bonds. The van der Waals surface area contributed by atoms with Crippen molar-refractivity contribution in [3.63, 3.8) is 0 Å². The zero-order valence-corrected chi connectivity index (χ0v) is 20.1. The van der Waals surface area contributed by atoms with Crippen LogP contribution in [0.3, 0.4) is 0 Å². The first-order valence-electron chi connectivity index (χ1n) is 11.8. The van der Waals surface area contributed by atoms with Gasteiger partial charge in [-0.2, -0.15) is 0 Å². The van der Waals surface area contributed by atoms with E-state index in [0.29, 0.717) is 11.3 Å². The second-order valence-electron chi connectivity index (χ2n) is 8.47. The van der Waals surface area contributed by atoms with E-state index in [1.807, 2.05) is 48.5 Å². The molecule has 3 aromatic carbocycles. The number of aliphatic carboxylic acids is 1. The van der Waals surface area contributed by atoms with E-state index >= 15 is 0 Å². The molecule has 8 heteroatoms. The molecule has 0 radical (unpaired) electrons. The summed E-state index contributed by atoms with van der Waals surface area (Å²) in [6.07, 6.45) is 0.637. The predicted molar refractivity (Wildman–Crippen MR) is 136 cm³/mol. The van der Waals surface area contributed by atoms with Gasteiger partial charge < -0.3 is 24.6 Å². The Morgan fingerprint density at radius 3 is 2.27 bits per heavy atom. The topological polar surface area (TPSA) is 111 Å². The number of nitrogens with one attached hydrogen (secondary N) is 1. The van der Waals surface area contributed by atoms with Crippen molar-refractivity contribution in [1.29, 1.82) is 0 Å². The number of ether oxygens (including phenoxy) is 3. The molecule has 8 nitrogen and oxygen atoms in total. The summed E-state index contributed by atoms with van der Waals surface area (Å²) >= 11 is 0. The number of carboxylic acid groups (broad SMARTS) is 1. The summed E-state index contributed by atoms with van der Waals surface area (Å²) in [6.45, 7) is 3.34. The molecule has 4 rings (SSSR count). The van der Waals surface area contributed by atoms with E-state index in [1.54, 1.807) is 24.3 Å². The Balaban J connectivity index is 1.35. The van der Waals surface area contributed by atoms with Crippen LogP contribution in [0.1, 0.15) is 22.6 Å². The lowest BCUT2D eigenvalue weighted by Gasteiger charge is -2.18. The van der Waals surface area contributed by atoms with Crippen molar-refractivity contribution in [3.8, 4) is 16.9 Å². The van der Waals surface area contributed by atoms with Gasteiger partial charge in [0.05, 0.1) is 0 Å². The fourth-order valence-corrected chi connectivity index (χ4v) is 4.32. The minimum absolute atomic E-state index is 0.00234. The lowest BCUT2D eigenvalue weighted by Crippen LogP contribution is -2.42. The number of rotatable bonds is 11. The van der Waals surface area contributed by atoms with Gasteiger partial charge in [-0.25, -0.2) is 14.4 Å². The van der Waals surface area contributed by atoms with Gasteiger partial charge in [0.1, 0.15) is 25.0 Å². The third kappa shape index (κ3) is 6.35. The maximum Gasteiger partial charge on any atom is 0.407 e. The highest BCUT2D eigenvalue weighted by atomic mass is 16.6. The molecule has 1 atom stereocenters.